The molecule has 0 saturated heterocycles. The first-order valence-corrected chi connectivity index (χ1v) is 11.5. The molecule has 37 heavy (non-hydrogen) atoms. The molecule has 198 valence electrons. The maximum Gasteiger partial charge on any atom is 0.573 e. The van der Waals surface area contributed by atoms with E-state index in [1.807, 2.05) is 0 Å². The second-order valence-corrected chi connectivity index (χ2v) is 8.53. The number of rotatable bonds is 12. The van der Waals surface area contributed by atoms with Crippen LogP contribution < -0.4 is 15.4 Å². The first kappa shape index (κ1) is 29.3. The van der Waals surface area contributed by atoms with Gasteiger partial charge in [0.05, 0.1) is 35.3 Å². The Kier molecular flexibility index (Phi) is 11.1. The van der Waals surface area contributed by atoms with Gasteiger partial charge in [-0.2, -0.15) is 5.26 Å². The van der Waals surface area contributed by atoms with E-state index in [-0.39, 0.29) is 43.1 Å². The van der Waals surface area contributed by atoms with Crippen molar-refractivity contribution in [1.82, 2.24) is 25.6 Å². The minimum atomic E-state index is -4.84. The van der Waals surface area contributed by atoms with Crippen LogP contribution >= 0.6 is 11.8 Å². The van der Waals surface area contributed by atoms with Crippen LogP contribution in [0.2, 0.25) is 0 Å². The second kappa shape index (κ2) is 14.0. The number of nitriles is 1. The molecule has 1 unspecified atom stereocenters. The van der Waals surface area contributed by atoms with Crippen molar-refractivity contribution < 1.29 is 31.9 Å². The molecule has 2 rings (SSSR count). The summed E-state index contributed by atoms with van der Waals surface area (Å²) in [6, 6.07) is 6.81. The largest absolute Gasteiger partial charge is 0.573 e. The zero-order valence-electron chi connectivity index (χ0n) is 19.6. The Hall–Kier alpha value is -3.93. The number of thioether (sulfide) groups is 1. The molecule has 0 spiro atoms. The van der Waals surface area contributed by atoms with Crippen LogP contribution in [-0.4, -0.2) is 58.0 Å². The lowest BCUT2D eigenvalue weighted by Gasteiger charge is -2.12. The van der Waals surface area contributed by atoms with E-state index in [0.717, 1.165) is 23.9 Å². The molecule has 15 heteroatoms. The number of benzene rings is 1. The number of alkyl halides is 4. The molecule has 1 heterocycles. The van der Waals surface area contributed by atoms with Gasteiger partial charge in [0.1, 0.15) is 18.5 Å². The molecule has 0 aliphatic heterocycles. The Balaban J connectivity index is 1.78. The summed E-state index contributed by atoms with van der Waals surface area (Å²) in [5.41, 5.74) is 0.265. The lowest BCUT2D eigenvalue weighted by molar-refractivity contribution is -0.274. The zero-order chi connectivity index (χ0) is 27.4. The van der Waals surface area contributed by atoms with Crippen molar-refractivity contribution in [2.75, 3.05) is 13.6 Å². The molecule has 0 saturated carbocycles. The monoisotopic (exact) mass is 541 g/mol. The number of nitrogens with zero attached hydrogens (tertiary/aromatic N) is 5. The molecule has 2 amide bonds. The first-order valence-electron chi connectivity index (χ1n) is 10.7. The Morgan fingerprint density at radius 2 is 2.14 bits per heavy atom. The van der Waals surface area contributed by atoms with Crippen LogP contribution in [0.3, 0.4) is 0 Å². The predicted octanol–water partition coefficient (Wildman–Crippen LogP) is 3.14. The second-order valence-electron chi connectivity index (χ2n) is 7.37. The van der Waals surface area contributed by atoms with Crippen molar-refractivity contribution in [3.63, 3.8) is 0 Å². The number of amides is 2. The Labute approximate surface area is 213 Å². The van der Waals surface area contributed by atoms with Crippen molar-refractivity contribution in [1.29, 1.82) is 5.26 Å². The number of hydrogen-bond donors (Lipinski definition) is 2. The van der Waals surface area contributed by atoms with Gasteiger partial charge in [-0.3, -0.25) is 14.6 Å². The third kappa shape index (κ3) is 11.1. The highest BCUT2D eigenvalue weighted by Gasteiger charge is 2.31. The molecule has 1 atom stereocenters. The summed E-state index contributed by atoms with van der Waals surface area (Å²) < 4.78 is 56.6. The van der Waals surface area contributed by atoms with E-state index >= 15 is 0 Å². The molecule has 1 aromatic heterocycles. The number of carbonyl (C=O) groups excluding carboxylic acids is 2. The van der Waals surface area contributed by atoms with Gasteiger partial charge in [-0.25, -0.2) is 9.07 Å². The van der Waals surface area contributed by atoms with Crippen LogP contribution in [0.4, 0.5) is 17.6 Å². The highest BCUT2D eigenvalue weighted by Crippen LogP contribution is 2.24. The van der Waals surface area contributed by atoms with E-state index in [2.05, 4.69) is 37.3 Å². The molecule has 0 bridgehead atoms. The molecule has 2 N–H and O–H groups in total. The van der Waals surface area contributed by atoms with Gasteiger partial charge in [0.15, 0.2) is 5.69 Å². The number of halogens is 4. The molecule has 0 aliphatic carbocycles. The molecular formula is C22H23F4N7O3S. The lowest BCUT2D eigenvalue weighted by atomic mass is 10.1. The average molecular weight is 542 g/mol. The van der Waals surface area contributed by atoms with E-state index < -0.39 is 30.1 Å². The van der Waals surface area contributed by atoms with Gasteiger partial charge in [0.25, 0.3) is 5.91 Å². The van der Waals surface area contributed by atoms with Gasteiger partial charge >= 0.3 is 6.36 Å². The van der Waals surface area contributed by atoms with Gasteiger partial charge in [-0.15, -0.1) is 18.3 Å². The van der Waals surface area contributed by atoms with Gasteiger partial charge in [0.2, 0.25) is 5.91 Å². The maximum atomic E-state index is 14.5. The van der Waals surface area contributed by atoms with Crippen LogP contribution in [-0.2, 0) is 17.8 Å². The normalized spacial score (nSPS) is 12.4. The van der Waals surface area contributed by atoms with Crippen LogP contribution in [0.5, 0.6) is 5.75 Å². The molecule has 0 fully saturated rings. The molecule has 0 aliphatic rings. The highest BCUT2D eigenvalue weighted by molar-refractivity contribution is 8.17. The number of hydrogen-bond acceptors (Lipinski definition) is 8. The van der Waals surface area contributed by atoms with Crippen molar-refractivity contribution >= 4 is 28.6 Å². The summed E-state index contributed by atoms with van der Waals surface area (Å²) in [6.07, 6.45) is -4.85. The van der Waals surface area contributed by atoms with Crippen LogP contribution in [0.1, 0.15) is 28.9 Å². The number of nitrogens with one attached hydrogen (secondary N) is 2. The fourth-order valence-electron chi connectivity index (χ4n) is 2.89. The van der Waals surface area contributed by atoms with Gasteiger partial charge in [-0.1, -0.05) is 35.7 Å². The molecule has 1 aromatic carbocycles. The summed E-state index contributed by atoms with van der Waals surface area (Å²) in [7, 11) is 1.50. The Morgan fingerprint density at radius 1 is 1.38 bits per heavy atom. The SMILES string of the molecule is C=C(NC(=O)Cc1cccc(OC(F)(F)F)c1)S/C(CCC(F)Cn1cc(C(=O)NCC#N)nn1)=N\C. The summed E-state index contributed by atoms with van der Waals surface area (Å²) in [5, 5.41) is 21.4. The van der Waals surface area contributed by atoms with Crippen LogP contribution in [0.25, 0.3) is 0 Å². The predicted molar refractivity (Wildman–Crippen MR) is 127 cm³/mol. The summed E-state index contributed by atoms with van der Waals surface area (Å²) >= 11 is 1.03. The first-order chi connectivity index (χ1) is 17.5. The number of aromatic nitrogens is 3. The Morgan fingerprint density at radius 3 is 2.81 bits per heavy atom. The highest BCUT2D eigenvalue weighted by atomic mass is 32.2. The van der Waals surface area contributed by atoms with E-state index in [1.54, 1.807) is 6.07 Å². The van der Waals surface area contributed by atoms with E-state index in [4.69, 9.17) is 5.26 Å². The van der Waals surface area contributed by atoms with Crippen molar-refractivity contribution in [2.24, 2.45) is 4.99 Å². The van der Waals surface area contributed by atoms with Gasteiger partial charge in [-0.05, 0) is 30.5 Å². The van der Waals surface area contributed by atoms with Crippen molar-refractivity contribution in [2.45, 2.75) is 38.3 Å². The minimum absolute atomic E-state index is 0.0412. The zero-order valence-corrected chi connectivity index (χ0v) is 20.4. The quantitative estimate of drug-likeness (QED) is 0.182. The smallest absolute Gasteiger partial charge is 0.406 e. The van der Waals surface area contributed by atoms with Crippen LogP contribution in [0, 0.1) is 11.3 Å². The molecule has 2 aromatic rings. The molecule has 0 radical (unpaired) electrons. The Bertz CT molecular complexity index is 1180. The summed E-state index contributed by atoms with van der Waals surface area (Å²) in [4.78, 5) is 28.0. The fraction of sp³-hybridized carbons (Fsp3) is 0.364. The van der Waals surface area contributed by atoms with Gasteiger partial charge in [0, 0.05) is 7.05 Å². The molecule has 10 nitrogen and oxygen atoms in total. The number of ether oxygens (including phenoxy) is 1. The van der Waals surface area contributed by atoms with Crippen molar-refractivity contribution in [3.05, 3.63) is 53.3 Å². The topological polar surface area (TPSA) is 134 Å². The lowest BCUT2D eigenvalue weighted by Crippen LogP contribution is -2.24. The third-order valence-corrected chi connectivity index (χ3v) is 5.39. The number of carbonyl (C=O) groups is 2. The molecular weight excluding hydrogens is 518 g/mol. The standard InChI is InChI=1S/C22H23F4N7O3S/c1-14(30-19(34)11-15-4-3-5-17(10-15)36-22(24,25)26)37-20(28-2)7-6-16(23)12-33-13-18(31-32-33)21(35)29-9-8-27/h3-5,10,13,16H,1,6-7,9,11-12H2,2H3,(H,29,35)(H,30,34)/b28-20-. The van der Waals surface area contributed by atoms with Crippen molar-refractivity contribution in [3.8, 4) is 11.8 Å². The summed E-state index contributed by atoms with van der Waals surface area (Å²) in [6.45, 7) is 3.38. The van der Waals surface area contributed by atoms with Gasteiger partial charge < -0.3 is 15.4 Å². The van der Waals surface area contributed by atoms with Crippen LogP contribution in [0.15, 0.2) is 47.1 Å². The van der Waals surface area contributed by atoms with E-state index in [9.17, 15) is 27.2 Å². The number of aliphatic imine (C=N–C) groups is 1. The van der Waals surface area contributed by atoms with E-state index in [0.29, 0.717) is 10.6 Å². The average Bonchev–Trinajstić information content (AvgIpc) is 3.27. The third-order valence-electron chi connectivity index (χ3n) is 4.42. The fourth-order valence-corrected chi connectivity index (χ4v) is 3.65. The minimum Gasteiger partial charge on any atom is -0.406 e. The van der Waals surface area contributed by atoms with E-state index in [1.165, 1.54) is 30.1 Å². The maximum absolute atomic E-state index is 14.5. The summed E-state index contributed by atoms with van der Waals surface area (Å²) in [5.74, 6) is -1.54.